The Kier molecular flexibility index (Phi) is 5.89. The van der Waals surface area contributed by atoms with Gasteiger partial charge in [0.1, 0.15) is 11.6 Å². The molecule has 4 aromatic rings. The van der Waals surface area contributed by atoms with Crippen molar-refractivity contribution in [1.29, 1.82) is 0 Å². The van der Waals surface area contributed by atoms with Crippen molar-refractivity contribution >= 4 is 16.9 Å². The number of aromatic nitrogens is 2. The van der Waals surface area contributed by atoms with Crippen molar-refractivity contribution in [2.45, 2.75) is 26.3 Å². The second-order valence-electron chi connectivity index (χ2n) is 7.46. The van der Waals surface area contributed by atoms with Gasteiger partial charge >= 0.3 is 0 Å². The molecular weight excluding hydrogens is 377 g/mol. The second-order valence-corrected chi connectivity index (χ2v) is 7.46. The van der Waals surface area contributed by atoms with E-state index in [1.54, 1.807) is 0 Å². The molecule has 152 valence electrons. The fourth-order valence-electron chi connectivity index (χ4n) is 3.64. The normalized spacial score (nSPS) is 11.0. The van der Waals surface area contributed by atoms with Gasteiger partial charge in [0.15, 0.2) is 0 Å². The Labute approximate surface area is 175 Å². The first kappa shape index (κ1) is 19.8. The van der Waals surface area contributed by atoms with E-state index in [-0.39, 0.29) is 11.7 Å². The number of fused-ring (bicyclic) bond motifs is 1. The number of nitrogens with one attached hydrogen (secondary N) is 1. The molecule has 30 heavy (non-hydrogen) atoms. The van der Waals surface area contributed by atoms with E-state index in [2.05, 4.69) is 47.1 Å². The van der Waals surface area contributed by atoms with Crippen LogP contribution in [0.25, 0.3) is 11.0 Å². The highest BCUT2D eigenvalue weighted by Crippen LogP contribution is 2.19. The third-order valence-corrected chi connectivity index (χ3v) is 5.13. The lowest BCUT2D eigenvalue weighted by Crippen LogP contribution is -2.25. The molecule has 0 radical (unpaired) electrons. The summed E-state index contributed by atoms with van der Waals surface area (Å²) in [5.74, 6) is 0.469. The Morgan fingerprint density at radius 2 is 1.83 bits per heavy atom. The second kappa shape index (κ2) is 8.91. The molecule has 3 aromatic carbocycles. The van der Waals surface area contributed by atoms with E-state index in [1.165, 1.54) is 35.4 Å². The van der Waals surface area contributed by atoms with Crippen LogP contribution in [-0.2, 0) is 13.0 Å². The van der Waals surface area contributed by atoms with Crippen molar-refractivity contribution in [1.82, 2.24) is 14.9 Å². The first-order valence-corrected chi connectivity index (χ1v) is 10.1. The topological polar surface area (TPSA) is 46.9 Å². The van der Waals surface area contributed by atoms with Crippen molar-refractivity contribution in [3.63, 3.8) is 0 Å². The van der Waals surface area contributed by atoms with Crippen LogP contribution in [0.5, 0.6) is 0 Å². The van der Waals surface area contributed by atoms with Crippen LogP contribution in [-0.4, -0.2) is 22.0 Å². The monoisotopic (exact) mass is 401 g/mol. The summed E-state index contributed by atoms with van der Waals surface area (Å²) in [6, 6.07) is 22.2. The quantitative estimate of drug-likeness (QED) is 0.448. The number of carbonyl (C=O) groups excluding carboxylic acids is 1. The minimum absolute atomic E-state index is 0.191. The molecule has 0 spiro atoms. The summed E-state index contributed by atoms with van der Waals surface area (Å²) in [5.41, 5.74) is 5.04. The number of halogens is 1. The van der Waals surface area contributed by atoms with Gasteiger partial charge in [-0.2, -0.15) is 0 Å². The molecule has 0 atom stereocenters. The molecule has 1 N–H and O–H groups in total. The van der Waals surface area contributed by atoms with Gasteiger partial charge in [0.2, 0.25) is 0 Å². The van der Waals surface area contributed by atoms with Crippen molar-refractivity contribution in [3.8, 4) is 0 Å². The van der Waals surface area contributed by atoms with Crippen LogP contribution >= 0.6 is 0 Å². The summed E-state index contributed by atoms with van der Waals surface area (Å²) < 4.78 is 15.3. The van der Waals surface area contributed by atoms with Crippen LogP contribution < -0.4 is 5.32 Å². The summed E-state index contributed by atoms with van der Waals surface area (Å²) in [4.78, 5) is 17.0. The smallest absolute Gasteiger partial charge is 0.251 e. The van der Waals surface area contributed by atoms with Crippen LogP contribution in [0, 0.1) is 12.7 Å². The minimum Gasteiger partial charge on any atom is -0.352 e. The molecular formula is C25H24FN3O. The predicted octanol–water partition coefficient (Wildman–Crippen LogP) is 4.89. The van der Waals surface area contributed by atoms with Crippen molar-refractivity contribution in [3.05, 3.63) is 101 Å². The summed E-state index contributed by atoms with van der Waals surface area (Å²) in [6.07, 6.45) is 1.52. The van der Waals surface area contributed by atoms with Crippen LogP contribution in [0.4, 0.5) is 4.39 Å². The van der Waals surface area contributed by atoms with Gasteiger partial charge in [-0.25, -0.2) is 9.37 Å². The molecule has 0 aliphatic heterocycles. The maximum atomic E-state index is 13.0. The first-order chi connectivity index (χ1) is 14.6. The van der Waals surface area contributed by atoms with Gasteiger partial charge in [-0.05, 0) is 55.3 Å². The molecule has 1 heterocycles. The Morgan fingerprint density at radius 1 is 1.03 bits per heavy atom. The van der Waals surface area contributed by atoms with Crippen LogP contribution in [0.15, 0.2) is 72.8 Å². The predicted molar refractivity (Wildman–Crippen MR) is 117 cm³/mol. The van der Waals surface area contributed by atoms with E-state index in [9.17, 15) is 9.18 Å². The number of carbonyl (C=O) groups is 1. The number of amides is 1. The van der Waals surface area contributed by atoms with Crippen LogP contribution in [0.1, 0.15) is 33.7 Å². The van der Waals surface area contributed by atoms with E-state index in [0.29, 0.717) is 12.1 Å². The lowest BCUT2D eigenvalue weighted by atomic mass is 10.1. The highest BCUT2D eigenvalue weighted by atomic mass is 19.1. The van der Waals surface area contributed by atoms with Crippen molar-refractivity contribution < 1.29 is 9.18 Å². The summed E-state index contributed by atoms with van der Waals surface area (Å²) >= 11 is 0. The van der Waals surface area contributed by atoms with E-state index in [0.717, 1.165) is 36.2 Å². The van der Waals surface area contributed by atoms with Gasteiger partial charge in [-0.3, -0.25) is 4.79 Å². The largest absolute Gasteiger partial charge is 0.352 e. The van der Waals surface area contributed by atoms with E-state index < -0.39 is 0 Å². The van der Waals surface area contributed by atoms with Gasteiger partial charge in [0.25, 0.3) is 5.91 Å². The molecule has 1 aromatic heterocycles. The molecule has 4 nitrogen and oxygen atoms in total. The Bertz CT molecular complexity index is 1160. The maximum Gasteiger partial charge on any atom is 0.251 e. The highest BCUT2D eigenvalue weighted by molar-refractivity contribution is 5.94. The number of para-hydroxylation sites is 2. The molecule has 0 unspecified atom stereocenters. The van der Waals surface area contributed by atoms with E-state index in [1.807, 2.05) is 18.2 Å². The van der Waals surface area contributed by atoms with Crippen molar-refractivity contribution in [2.24, 2.45) is 0 Å². The SMILES string of the molecule is Cc1cccc(Cn2c(CCCNC(=O)c3ccc(F)cc3)nc3ccccc32)c1. The number of nitrogens with zero attached hydrogens (tertiary/aromatic N) is 2. The minimum atomic E-state index is -0.348. The fourth-order valence-corrected chi connectivity index (χ4v) is 3.64. The molecule has 0 aliphatic carbocycles. The Hall–Kier alpha value is -3.47. The van der Waals surface area contributed by atoms with E-state index >= 15 is 0 Å². The number of benzene rings is 3. The number of hydrogen-bond donors (Lipinski definition) is 1. The zero-order valence-corrected chi connectivity index (χ0v) is 16.9. The average Bonchev–Trinajstić information content (AvgIpc) is 3.09. The zero-order chi connectivity index (χ0) is 20.9. The fraction of sp³-hybridized carbons (Fsp3) is 0.200. The number of hydrogen-bond acceptors (Lipinski definition) is 2. The maximum absolute atomic E-state index is 13.0. The average molecular weight is 401 g/mol. The standard InChI is InChI=1S/C25H24FN3O/c1-18-6-4-7-19(16-18)17-29-23-9-3-2-8-22(23)28-24(29)10-5-15-27-25(30)20-11-13-21(26)14-12-20/h2-4,6-9,11-14,16H,5,10,15,17H2,1H3,(H,27,30). The van der Waals surface area contributed by atoms with Gasteiger partial charge in [-0.15, -0.1) is 0 Å². The lowest BCUT2D eigenvalue weighted by Gasteiger charge is -2.11. The molecule has 4 rings (SSSR count). The third-order valence-electron chi connectivity index (χ3n) is 5.13. The molecule has 5 heteroatoms. The Balaban J connectivity index is 1.44. The molecule has 0 fully saturated rings. The molecule has 0 aliphatic rings. The van der Waals surface area contributed by atoms with Crippen LogP contribution in [0.2, 0.25) is 0 Å². The van der Waals surface area contributed by atoms with Gasteiger partial charge in [0.05, 0.1) is 11.0 Å². The molecule has 0 saturated carbocycles. The van der Waals surface area contributed by atoms with E-state index in [4.69, 9.17) is 4.98 Å². The number of aryl methyl sites for hydroxylation is 2. The summed E-state index contributed by atoms with van der Waals surface area (Å²) in [7, 11) is 0. The first-order valence-electron chi connectivity index (χ1n) is 10.1. The highest BCUT2D eigenvalue weighted by Gasteiger charge is 2.11. The third kappa shape index (κ3) is 4.57. The summed E-state index contributed by atoms with van der Waals surface area (Å²) in [6.45, 7) is 3.39. The summed E-state index contributed by atoms with van der Waals surface area (Å²) in [5, 5.41) is 2.90. The van der Waals surface area contributed by atoms with Gasteiger partial charge in [0, 0.05) is 25.1 Å². The molecule has 0 bridgehead atoms. The number of imidazole rings is 1. The van der Waals surface area contributed by atoms with Gasteiger partial charge in [-0.1, -0.05) is 42.0 Å². The van der Waals surface area contributed by atoms with Crippen molar-refractivity contribution in [2.75, 3.05) is 6.54 Å². The number of rotatable bonds is 7. The zero-order valence-electron chi connectivity index (χ0n) is 16.9. The van der Waals surface area contributed by atoms with Crippen LogP contribution in [0.3, 0.4) is 0 Å². The molecule has 1 amide bonds. The molecule has 0 saturated heterocycles. The lowest BCUT2D eigenvalue weighted by molar-refractivity contribution is 0.0953. The van der Waals surface area contributed by atoms with Gasteiger partial charge < -0.3 is 9.88 Å². The Morgan fingerprint density at radius 3 is 2.63 bits per heavy atom.